The van der Waals surface area contributed by atoms with Crippen LogP contribution < -0.4 is 0 Å². The summed E-state index contributed by atoms with van der Waals surface area (Å²) in [4.78, 5) is 0. The molecular formula is C28H60Pb. The van der Waals surface area contributed by atoms with E-state index in [1.54, 1.807) is 60.9 Å². The summed E-state index contributed by atoms with van der Waals surface area (Å²) in [5.74, 6) is 0. The molecule has 0 spiro atoms. The molecule has 0 bridgehead atoms. The molecule has 0 aromatic carbocycles. The van der Waals surface area contributed by atoms with Gasteiger partial charge in [-0.1, -0.05) is 0 Å². The van der Waals surface area contributed by atoms with E-state index in [2.05, 4.69) is 27.7 Å². The van der Waals surface area contributed by atoms with E-state index in [9.17, 15) is 0 Å². The second-order valence-electron chi connectivity index (χ2n) is 10.2. The average molecular weight is 604 g/mol. The van der Waals surface area contributed by atoms with E-state index >= 15 is 0 Å². The molecule has 0 unspecified atom stereocenters. The minimum atomic E-state index is -2.05. The average Bonchev–Trinajstić information content (AvgIpc) is 2.74. The summed E-state index contributed by atoms with van der Waals surface area (Å²) in [7, 11) is 0. The molecule has 0 radical (unpaired) electrons. The molecule has 1 heteroatoms. The van der Waals surface area contributed by atoms with Crippen molar-refractivity contribution in [1.82, 2.24) is 0 Å². The van der Waals surface area contributed by atoms with Crippen LogP contribution in [0.1, 0.15) is 156 Å². The van der Waals surface area contributed by atoms with Gasteiger partial charge >= 0.3 is 193 Å². The molecule has 0 saturated carbocycles. The normalized spacial score (nSPS) is 12.0. The Balaban J connectivity index is 4.52. The van der Waals surface area contributed by atoms with Crippen molar-refractivity contribution in [3.05, 3.63) is 0 Å². The standard InChI is InChI=1S/3C8H17.C4H9.Pb/c3*1-3-5-7-8-6-4-2;1-3-4-2;/h3*1,3-8H2,2H3;1,3-4H2,2H3;. The third-order valence-corrected chi connectivity index (χ3v) is 29.2. The van der Waals surface area contributed by atoms with Crippen molar-refractivity contribution >= 4 is 21.2 Å². The van der Waals surface area contributed by atoms with Gasteiger partial charge in [0.1, 0.15) is 0 Å². The second-order valence-corrected chi connectivity index (χ2v) is 29.6. The molecule has 0 rings (SSSR count). The Morgan fingerprint density at radius 2 is 0.517 bits per heavy atom. The van der Waals surface area contributed by atoms with Crippen molar-refractivity contribution < 1.29 is 0 Å². The van der Waals surface area contributed by atoms with Crippen LogP contribution in [-0.4, -0.2) is 21.2 Å². The second kappa shape index (κ2) is 23.6. The van der Waals surface area contributed by atoms with E-state index in [0.717, 1.165) is 0 Å². The zero-order valence-electron chi connectivity index (χ0n) is 21.5. The third kappa shape index (κ3) is 19.3. The molecule has 0 atom stereocenters. The van der Waals surface area contributed by atoms with E-state index in [0.29, 0.717) is 0 Å². The van der Waals surface area contributed by atoms with Crippen LogP contribution in [0.4, 0.5) is 0 Å². The van der Waals surface area contributed by atoms with Crippen molar-refractivity contribution in [3.63, 3.8) is 0 Å². The first kappa shape index (κ1) is 29.9. The predicted molar refractivity (Wildman–Crippen MR) is 140 cm³/mol. The van der Waals surface area contributed by atoms with Gasteiger partial charge in [0.15, 0.2) is 0 Å². The van der Waals surface area contributed by atoms with Gasteiger partial charge in [-0.3, -0.25) is 0 Å². The fraction of sp³-hybridized carbons (Fsp3) is 1.00. The summed E-state index contributed by atoms with van der Waals surface area (Å²) in [6.45, 7) is 9.45. The van der Waals surface area contributed by atoms with Gasteiger partial charge in [-0.15, -0.1) is 0 Å². The van der Waals surface area contributed by atoms with Crippen molar-refractivity contribution in [2.24, 2.45) is 0 Å². The topological polar surface area (TPSA) is 0 Å². The van der Waals surface area contributed by atoms with Crippen molar-refractivity contribution in [2.45, 2.75) is 172 Å². The van der Waals surface area contributed by atoms with Crippen LogP contribution in [0.25, 0.3) is 0 Å². The third-order valence-electron chi connectivity index (χ3n) is 7.24. The first-order chi connectivity index (χ1) is 14.2. The van der Waals surface area contributed by atoms with Crippen LogP contribution in [0, 0.1) is 0 Å². The van der Waals surface area contributed by atoms with Crippen LogP contribution in [0.3, 0.4) is 0 Å². The zero-order valence-corrected chi connectivity index (χ0v) is 25.4. The van der Waals surface area contributed by atoms with Crippen LogP contribution in [-0.2, 0) is 0 Å². The van der Waals surface area contributed by atoms with Gasteiger partial charge < -0.3 is 0 Å². The quantitative estimate of drug-likeness (QED) is 0.0760. The van der Waals surface area contributed by atoms with Gasteiger partial charge in [-0.05, 0) is 0 Å². The van der Waals surface area contributed by atoms with Crippen LogP contribution in [0.5, 0.6) is 0 Å². The van der Waals surface area contributed by atoms with Gasteiger partial charge in [0.25, 0.3) is 0 Å². The molecule has 0 aromatic heterocycles. The molecule has 0 nitrogen and oxygen atoms in total. The Kier molecular flexibility index (Phi) is 24.3. The minimum absolute atomic E-state index is 1.39. The summed E-state index contributed by atoms with van der Waals surface area (Å²) in [5, 5.41) is 0. The summed E-state index contributed by atoms with van der Waals surface area (Å²) in [5.41, 5.74) is 0. The summed E-state index contributed by atoms with van der Waals surface area (Å²) >= 11 is -2.05. The fourth-order valence-corrected chi connectivity index (χ4v) is 26.9. The molecule has 0 amide bonds. The first-order valence-corrected chi connectivity index (χ1v) is 25.2. The molecule has 0 heterocycles. The maximum atomic E-state index is 2.43. The van der Waals surface area contributed by atoms with E-state index in [4.69, 9.17) is 0 Å². The molecule has 0 aliphatic rings. The van der Waals surface area contributed by atoms with E-state index in [1.807, 2.05) is 0 Å². The number of rotatable bonds is 24. The van der Waals surface area contributed by atoms with Crippen LogP contribution in [0.15, 0.2) is 0 Å². The number of hydrogen-bond donors (Lipinski definition) is 0. The molecule has 0 saturated heterocycles. The van der Waals surface area contributed by atoms with Crippen molar-refractivity contribution in [1.29, 1.82) is 0 Å². The summed E-state index contributed by atoms with van der Waals surface area (Å²) in [6.07, 6.45) is 30.0. The number of hydrogen-bond acceptors (Lipinski definition) is 0. The molecule has 0 N–H and O–H groups in total. The van der Waals surface area contributed by atoms with Gasteiger partial charge in [0.2, 0.25) is 0 Å². The van der Waals surface area contributed by atoms with Gasteiger partial charge in [0.05, 0.1) is 0 Å². The molecule has 0 fully saturated rings. The monoisotopic (exact) mass is 604 g/mol. The van der Waals surface area contributed by atoms with E-state index in [-0.39, 0.29) is 0 Å². The first-order valence-electron chi connectivity index (χ1n) is 14.2. The number of unbranched alkanes of at least 4 members (excludes halogenated alkanes) is 16. The zero-order chi connectivity index (χ0) is 21.5. The van der Waals surface area contributed by atoms with Crippen molar-refractivity contribution in [3.8, 4) is 0 Å². The molecular weight excluding hydrogens is 544 g/mol. The van der Waals surface area contributed by atoms with Crippen LogP contribution >= 0.6 is 0 Å². The van der Waals surface area contributed by atoms with Gasteiger partial charge in [-0.2, -0.15) is 0 Å². The Morgan fingerprint density at radius 3 is 0.828 bits per heavy atom. The SMILES string of the molecule is CCCCCCC[CH2][Pb]([CH2]CCC)([CH2]CCCCCCC)[CH2]CCCCCCC. The summed E-state index contributed by atoms with van der Waals surface area (Å²) in [6, 6.07) is 0. The molecule has 176 valence electrons. The maximum absolute atomic E-state index is 2.43. The van der Waals surface area contributed by atoms with Crippen molar-refractivity contribution in [2.75, 3.05) is 0 Å². The van der Waals surface area contributed by atoms with E-state index < -0.39 is 21.2 Å². The Labute approximate surface area is 192 Å². The Morgan fingerprint density at radius 1 is 0.276 bits per heavy atom. The molecule has 29 heavy (non-hydrogen) atoms. The molecule has 0 aliphatic heterocycles. The molecule has 0 aliphatic carbocycles. The van der Waals surface area contributed by atoms with Crippen LogP contribution in [0.2, 0.25) is 15.9 Å². The van der Waals surface area contributed by atoms with Gasteiger partial charge in [-0.25, -0.2) is 0 Å². The fourth-order valence-electron chi connectivity index (χ4n) is 5.14. The Hall–Kier alpha value is 0.922. The molecule has 0 aromatic rings. The summed E-state index contributed by atoms with van der Waals surface area (Å²) < 4.78 is 7.00. The van der Waals surface area contributed by atoms with E-state index in [1.165, 1.54) is 83.5 Å². The predicted octanol–water partition coefficient (Wildman–Crippen LogP) is 11.3. The Bertz CT molecular complexity index is 258. The van der Waals surface area contributed by atoms with Gasteiger partial charge in [0, 0.05) is 0 Å².